The summed E-state index contributed by atoms with van der Waals surface area (Å²) >= 11 is 0. The molecular formula is C10H12N4O3. The van der Waals surface area contributed by atoms with E-state index in [0.29, 0.717) is 0 Å². The van der Waals surface area contributed by atoms with Gasteiger partial charge in [0.1, 0.15) is 0 Å². The van der Waals surface area contributed by atoms with E-state index in [9.17, 15) is 9.59 Å². The van der Waals surface area contributed by atoms with Gasteiger partial charge in [0.25, 0.3) is 0 Å². The van der Waals surface area contributed by atoms with Gasteiger partial charge in [0.15, 0.2) is 0 Å². The lowest BCUT2D eigenvalue weighted by atomic mass is 10.3. The molecule has 2 aromatic rings. The van der Waals surface area contributed by atoms with Crippen LogP contribution in [0.1, 0.15) is 0 Å². The predicted molar refractivity (Wildman–Crippen MR) is 61.9 cm³/mol. The number of fused-ring (bicyclic) bond motifs is 1. The zero-order valence-corrected chi connectivity index (χ0v) is 8.83. The molecule has 0 atom stereocenters. The quantitative estimate of drug-likeness (QED) is 0.653. The Morgan fingerprint density at radius 3 is 1.94 bits per heavy atom. The van der Waals surface area contributed by atoms with E-state index in [1.54, 1.807) is 17.7 Å². The van der Waals surface area contributed by atoms with Gasteiger partial charge in [0.2, 0.25) is 6.41 Å². The number of hydrogen-bond acceptors (Lipinski definition) is 4. The second kappa shape index (κ2) is 7.71. The number of hydrogen-bond donors (Lipinski definition) is 2. The molecule has 7 heteroatoms. The van der Waals surface area contributed by atoms with Crippen molar-refractivity contribution in [2.24, 2.45) is 5.73 Å². The number of imide groups is 1. The smallest absolute Gasteiger partial charge is 0.318 e. The predicted octanol–water partition coefficient (Wildman–Crippen LogP) is -0.384. The molecule has 7 nitrogen and oxygen atoms in total. The van der Waals surface area contributed by atoms with Gasteiger partial charge in [-0.25, -0.2) is 4.79 Å². The summed E-state index contributed by atoms with van der Waals surface area (Å²) < 4.78 is 0. The van der Waals surface area contributed by atoms with Gasteiger partial charge in [0, 0.05) is 12.4 Å². The molecule has 1 aromatic carbocycles. The molecule has 90 valence electrons. The van der Waals surface area contributed by atoms with Crippen molar-refractivity contribution in [3.8, 4) is 0 Å². The van der Waals surface area contributed by atoms with E-state index in [4.69, 9.17) is 0 Å². The third-order valence-corrected chi connectivity index (χ3v) is 1.58. The first-order chi connectivity index (χ1) is 7.74. The Bertz CT molecular complexity index is 424. The summed E-state index contributed by atoms with van der Waals surface area (Å²) in [6, 6.07) is 6.98. The molecule has 0 spiro atoms. The monoisotopic (exact) mass is 236 g/mol. The molecule has 3 amide bonds. The maximum Gasteiger partial charge on any atom is 0.318 e. The van der Waals surface area contributed by atoms with E-state index < -0.39 is 6.03 Å². The minimum Gasteiger partial charge on any atom is -0.412 e. The number of primary amides is 1. The second-order valence-electron chi connectivity index (χ2n) is 2.67. The van der Waals surface area contributed by atoms with Crippen molar-refractivity contribution in [3.63, 3.8) is 0 Å². The normalized spacial score (nSPS) is 8.24. The van der Waals surface area contributed by atoms with E-state index in [-0.39, 0.29) is 11.9 Å². The molecule has 0 radical (unpaired) electrons. The number of carbonyl (C=O) groups excluding carboxylic acids is 2. The molecule has 0 aliphatic rings. The zero-order chi connectivity index (χ0) is 11.8. The highest BCUT2D eigenvalue weighted by Crippen LogP contribution is 2.04. The molecular weight excluding hydrogens is 224 g/mol. The Labute approximate surface area is 97.0 Å². The average molecular weight is 236 g/mol. The number of nitrogens with two attached hydrogens (primary N) is 1. The van der Waals surface area contributed by atoms with E-state index >= 15 is 0 Å². The fourth-order valence-electron chi connectivity index (χ4n) is 0.968. The van der Waals surface area contributed by atoms with Crippen molar-refractivity contribution in [1.82, 2.24) is 15.3 Å². The summed E-state index contributed by atoms with van der Waals surface area (Å²) in [5.41, 5.74) is 6.32. The van der Waals surface area contributed by atoms with Crippen LogP contribution in [0.5, 0.6) is 0 Å². The van der Waals surface area contributed by atoms with Crippen LogP contribution in [0, 0.1) is 0 Å². The minimum absolute atomic E-state index is 0. The topological polar surface area (TPSA) is 129 Å². The summed E-state index contributed by atoms with van der Waals surface area (Å²) in [5, 5.41) is 1.67. The first kappa shape index (κ1) is 14.5. The van der Waals surface area contributed by atoms with Crippen molar-refractivity contribution >= 4 is 23.5 Å². The van der Waals surface area contributed by atoms with Crippen LogP contribution in [0.15, 0.2) is 36.7 Å². The van der Waals surface area contributed by atoms with E-state index in [2.05, 4.69) is 15.7 Å². The summed E-state index contributed by atoms with van der Waals surface area (Å²) in [5.74, 6) is 0. The number of rotatable bonds is 1. The van der Waals surface area contributed by atoms with Gasteiger partial charge in [-0.3, -0.25) is 20.1 Å². The Kier molecular flexibility index (Phi) is 6.56. The maximum atomic E-state index is 9.48. The molecule has 0 bridgehead atoms. The Balaban J connectivity index is 0.000000324. The van der Waals surface area contributed by atoms with Gasteiger partial charge < -0.3 is 11.2 Å². The Hall–Kier alpha value is -2.54. The molecule has 0 unspecified atom stereocenters. The fourth-order valence-corrected chi connectivity index (χ4v) is 0.968. The number of aromatic nitrogens is 2. The second-order valence-corrected chi connectivity index (χ2v) is 2.67. The van der Waals surface area contributed by atoms with Crippen LogP contribution < -0.4 is 11.1 Å². The van der Waals surface area contributed by atoms with Crippen LogP contribution in [0.4, 0.5) is 4.79 Å². The fraction of sp³-hybridized carbons (Fsp3) is 0. The average Bonchev–Trinajstić information content (AvgIpc) is 2.30. The highest BCUT2D eigenvalue weighted by atomic mass is 16.2. The van der Waals surface area contributed by atoms with Gasteiger partial charge >= 0.3 is 6.03 Å². The molecule has 0 saturated heterocycles. The molecule has 0 saturated carbocycles. The molecule has 1 aromatic heterocycles. The SMILES string of the molecule is NC(=O)NC=O.O.c1ccc2nccnc2c1. The third-order valence-electron chi connectivity index (χ3n) is 1.58. The van der Waals surface area contributed by atoms with Crippen LogP contribution in [0.2, 0.25) is 0 Å². The van der Waals surface area contributed by atoms with Crippen LogP contribution >= 0.6 is 0 Å². The lowest BCUT2D eigenvalue weighted by molar-refractivity contribution is -0.108. The molecule has 0 fully saturated rings. The van der Waals surface area contributed by atoms with E-state index in [1.807, 2.05) is 24.3 Å². The van der Waals surface area contributed by atoms with Gasteiger partial charge in [-0.05, 0) is 12.1 Å². The van der Waals surface area contributed by atoms with Gasteiger partial charge in [0.05, 0.1) is 11.0 Å². The summed E-state index contributed by atoms with van der Waals surface area (Å²) in [4.78, 5) is 26.9. The first-order valence-corrected chi connectivity index (χ1v) is 4.39. The van der Waals surface area contributed by atoms with Gasteiger partial charge in [-0.2, -0.15) is 0 Å². The third kappa shape index (κ3) is 5.19. The van der Waals surface area contributed by atoms with Crippen LogP contribution in [-0.2, 0) is 4.79 Å². The highest BCUT2D eigenvalue weighted by Gasteiger charge is 1.88. The molecule has 5 N–H and O–H groups in total. The van der Waals surface area contributed by atoms with Crippen LogP contribution in [-0.4, -0.2) is 27.9 Å². The summed E-state index contributed by atoms with van der Waals surface area (Å²) in [7, 11) is 0. The highest BCUT2D eigenvalue weighted by molar-refractivity contribution is 5.82. The van der Waals surface area contributed by atoms with Gasteiger partial charge in [-0.15, -0.1) is 0 Å². The number of carbonyl (C=O) groups is 2. The van der Waals surface area contributed by atoms with Crippen molar-refractivity contribution in [3.05, 3.63) is 36.7 Å². The number of nitrogens with zero attached hydrogens (tertiary/aromatic N) is 2. The summed E-state index contributed by atoms with van der Waals surface area (Å²) in [6.45, 7) is 0. The zero-order valence-electron chi connectivity index (χ0n) is 8.83. The Morgan fingerprint density at radius 1 is 1.18 bits per heavy atom. The van der Waals surface area contributed by atoms with Crippen molar-refractivity contribution in [2.45, 2.75) is 0 Å². The number of amides is 3. The Morgan fingerprint density at radius 2 is 1.65 bits per heavy atom. The molecule has 0 aliphatic carbocycles. The maximum absolute atomic E-state index is 9.48. The molecule has 0 aliphatic heterocycles. The summed E-state index contributed by atoms with van der Waals surface area (Å²) in [6.07, 6.45) is 3.62. The number of nitrogens with one attached hydrogen (secondary N) is 1. The van der Waals surface area contributed by atoms with Crippen molar-refractivity contribution in [2.75, 3.05) is 0 Å². The van der Waals surface area contributed by atoms with Crippen molar-refractivity contribution < 1.29 is 15.1 Å². The number of benzene rings is 1. The van der Waals surface area contributed by atoms with Gasteiger partial charge in [-0.1, -0.05) is 12.1 Å². The van der Waals surface area contributed by atoms with E-state index in [1.165, 1.54) is 0 Å². The lowest BCUT2D eigenvalue weighted by Crippen LogP contribution is -2.27. The standard InChI is InChI=1S/C8H6N2.C2H4N2O2.H2O/c1-2-4-8-7(3-1)9-5-6-10-8;3-2(6)4-1-5;/h1-6H;1H,(H3,3,4,5,6);1H2. The first-order valence-electron chi connectivity index (χ1n) is 4.39. The lowest BCUT2D eigenvalue weighted by Gasteiger charge is -1.90. The minimum atomic E-state index is -0.829. The van der Waals surface area contributed by atoms with Crippen LogP contribution in [0.3, 0.4) is 0 Å². The molecule has 2 rings (SSSR count). The van der Waals surface area contributed by atoms with Crippen molar-refractivity contribution in [1.29, 1.82) is 0 Å². The molecule has 1 heterocycles. The van der Waals surface area contributed by atoms with E-state index in [0.717, 1.165) is 11.0 Å². The van der Waals surface area contributed by atoms with Crippen LogP contribution in [0.25, 0.3) is 11.0 Å². The largest absolute Gasteiger partial charge is 0.412 e. The molecule has 17 heavy (non-hydrogen) atoms. The number of para-hydroxylation sites is 2. The number of urea groups is 1.